The van der Waals surface area contributed by atoms with Gasteiger partial charge < -0.3 is 19.0 Å². The zero-order valence-corrected chi connectivity index (χ0v) is 20.1. The van der Waals surface area contributed by atoms with Gasteiger partial charge in [0.05, 0.1) is 18.4 Å². The smallest absolute Gasteiger partial charge is 0.503 e. The molecule has 2 aromatic carbocycles. The number of hydrogen-bond acceptors (Lipinski definition) is 7. The van der Waals surface area contributed by atoms with Crippen LogP contribution in [0.1, 0.15) is 22.3 Å². The number of Topliss-reactive ketones (excluding diaryl/α,β-unsaturated/α-hetero) is 1. The van der Waals surface area contributed by atoms with Crippen LogP contribution in [-0.2, 0) is 4.79 Å². The molecule has 0 saturated heterocycles. The van der Waals surface area contributed by atoms with E-state index in [4.69, 9.17) is 20.8 Å². The molecule has 2 aromatic heterocycles. The quantitative estimate of drug-likeness (QED) is 0.290. The van der Waals surface area contributed by atoms with Gasteiger partial charge in [-0.2, -0.15) is 0 Å². The zero-order chi connectivity index (χ0) is 27.2. The number of amides is 1. The number of pyridine rings is 1. The topological polar surface area (TPSA) is 102 Å². The van der Waals surface area contributed by atoms with Crippen molar-refractivity contribution < 1.29 is 41.8 Å². The van der Waals surface area contributed by atoms with Crippen LogP contribution in [-0.4, -0.2) is 35.3 Å². The second-order valence-corrected chi connectivity index (χ2v) is 8.54. The molecule has 0 fully saturated rings. The van der Waals surface area contributed by atoms with E-state index >= 15 is 0 Å². The molecule has 38 heavy (non-hydrogen) atoms. The first kappa shape index (κ1) is 25.2. The minimum atomic E-state index is -4.97. The van der Waals surface area contributed by atoms with Crippen molar-refractivity contribution in [1.29, 1.82) is 0 Å². The monoisotopic (exact) mass is 544 g/mol. The summed E-state index contributed by atoms with van der Waals surface area (Å²) in [6, 6.07) is 12.4. The molecule has 0 aliphatic carbocycles. The molecule has 1 amide bonds. The largest absolute Gasteiger partial charge is 0.573 e. The van der Waals surface area contributed by atoms with Crippen LogP contribution in [0.4, 0.5) is 18.9 Å². The molecule has 1 aliphatic rings. The lowest BCUT2D eigenvalue weighted by Crippen LogP contribution is -2.31. The van der Waals surface area contributed by atoms with Gasteiger partial charge in [-0.1, -0.05) is 23.7 Å². The number of carbonyl (C=O) groups is 2. The van der Waals surface area contributed by atoms with Crippen molar-refractivity contribution in [3.05, 3.63) is 94.7 Å². The molecule has 0 spiro atoms. The van der Waals surface area contributed by atoms with E-state index < -0.39 is 35.6 Å². The number of aliphatic hydroxyl groups is 1. The average molecular weight is 545 g/mol. The number of benzene rings is 2. The summed E-state index contributed by atoms with van der Waals surface area (Å²) in [5.74, 6) is -3.33. The van der Waals surface area contributed by atoms with E-state index in [1.165, 1.54) is 43.6 Å². The van der Waals surface area contributed by atoms with Crippen LogP contribution in [0, 0.1) is 0 Å². The first-order valence-electron chi connectivity index (χ1n) is 10.9. The Hall–Kier alpha value is -4.51. The first-order valence-corrected chi connectivity index (χ1v) is 11.3. The third-order valence-electron chi connectivity index (χ3n) is 5.74. The van der Waals surface area contributed by atoms with E-state index in [-0.39, 0.29) is 34.0 Å². The summed E-state index contributed by atoms with van der Waals surface area (Å²) >= 11 is 6.11. The number of carbonyl (C=O) groups excluding carboxylic acids is 2. The number of anilines is 1. The Labute approximate surface area is 217 Å². The van der Waals surface area contributed by atoms with Gasteiger partial charge in [0.2, 0.25) is 5.78 Å². The molecule has 0 saturated carbocycles. The summed E-state index contributed by atoms with van der Waals surface area (Å²) in [4.78, 5) is 32.2. The van der Waals surface area contributed by atoms with Gasteiger partial charge in [-0.15, -0.1) is 13.2 Å². The van der Waals surface area contributed by atoms with Crippen LogP contribution in [0.2, 0.25) is 5.02 Å². The highest BCUT2D eigenvalue weighted by Crippen LogP contribution is 2.43. The Bertz CT molecular complexity index is 1600. The van der Waals surface area contributed by atoms with Crippen LogP contribution in [0.15, 0.2) is 82.6 Å². The molecule has 1 unspecified atom stereocenters. The van der Waals surface area contributed by atoms with E-state index in [9.17, 15) is 27.9 Å². The number of alkyl halides is 3. The van der Waals surface area contributed by atoms with E-state index in [0.29, 0.717) is 10.4 Å². The molecule has 1 atom stereocenters. The van der Waals surface area contributed by atoms with Crippen LogP contribution < -0.4 is 14.4 Å². The number of aliphatic hydroxyl groups excluding tert-OH is 1. The van der Waals surface area contributed by atoms with Crippen molar-refractivity contribution in [2.45, 2.75) is 12.4 Å². The van der Waals surface area contributed by atoms with Crippen LogP contribution >= 0.6 is 11.6 Å². The zero-order valence-electron chi connectivity index (χ0n) is 19.3. The fraction of sp³-hybridized carbons (Fsp3) is 0.115. The van der Waals surface area contributed by atoms with Crippen LogP contribution in [0.25, 0.3) is 11.0 Å². The SMILES string of the molecule is COc1cc(Cl)cc2cc(C(=O)C3=C(O)C(=O)N(c4cccc(OC(F)(F)F)c4)C3c3ccccn3)oc12. The third kappa shape index (κ3) is 4.52. The minimum Gasteiger partial charge on any atom is -0.503 e. The maximum Gasteiger partial charge on any atom is 0.573 e. The second kappa shape index (κ2) is 9.42. The van der Waals surface area contributed by atoms with Gasteiger partial charge in [0.15, 0.2) is 22.9 Å². The molecule has 1 N–H and O–H groups in total. The van der Waals surface area contributed by atoms with Crippen LogP contribution in [0.3, 0.4) is 0 Å². The number of fused-ring (bicyclic) bond motifs is 1. The van der Waals surface area contributed by atoms with Crippen LogP contribution in [0.5, 0.6) is 11.5 Å². The summed E-state index contributed by atoms with van der Waals surface area (Å²) in [5, 5.41) is 11.6. The van der Waals surface area contributed by atoms with Gasteiger partial charge in [-0.3, -0.25) is 19.5 Å². The predicted octanol–water partition coefficient (Wildman–Crippen LogP) is 6.17. The van der Waals surface area contributed by atoms with E-state index in [0.717, 1.165) is 17.0 Å². The number of rotatable bonds is 6. The molecule has 0 radical (unpaired) electrons. The van der Waals surface area contributed by atoms with Crippen molar-refractivity contribution in [2.75, 3.05) is 12.0 Å². The molecular formula is C26H16ClF3N2O6. The van der Waals surface area contributed by atoms with Gasteiger partial charge in [-0.05, 0) is 36.4 Å². The van der Waals surface area contributed by atoms with Crippen molar-refractivity contribution in [2.24, 2.45) is 0 Å². The van der Waals surface area contributed by atoms with Gasteiger partial charge in [0.25, 0.3) is 5.91 Å². The Kier molecular flexibility index (Phi) is 6.23. The number of ether oxygens (including phenoxy) is 2. The number of hydrogen-bond donors (Lipinski definition) is 1. The van der Waals surface area contributed by atoms with Gasteiger partial charge in [0.1, 0.15) is 11.8 Å². The Morgan fingerprint density at radius 3 is 2.61 bits per heavy atom. The summed E-state index contributed by atoms with van der Waals surface area (Å²) in [7, 11) is 1.39. The number of halogens is 4. The number of methoxy groups -OCH3 is 1. The fourth-order valence-corrected chi connectivity index (χ4v) is 4.45. The molecule has 4 aromatic rings. The maximum atomic E-state index is 13.7. The first-order chi connectivity index (χ1) is 18.1. The number of nitrogens with zero attached hydrogens (tertiary/aromatic N) is 2. The van der Waals surface area contributed by atoms with Gasteiger partial charge in [-0.25, -0.2) is 0 Å². The molecule has 5 rings (SSSR count). The van der Waals surface area contributed by atoms with Gasteiger partial charge in [0, 0.05) is 34.4 Å². The Morgan fingerprint density at radius 1 is 1.13 bits per heavy atom. The molecule has 3 heterocycles. The predicted molar refractivity (Wildman–Crippen MR) is 129 cm³/mol. The highest BCUT2D eigenvalue weighted by Gasteiger charge is 2.46. The lowest BCUT2D eigenvalue weighted by Gasteiger charge is -2.26. The Morgan fingerprint density at radius 2 is 1.92 bits per heavy atom. The summed E-state index contributed by atoms with van der Waals surface area (Å²) < 4.78 is 53.4. The molecule has 0 bridgehead atoms. The normalized spacial score (nSPS) is 15.9. The fourth-order valence-electron chi connectivity index (χ4n) is 4.23. The van der Waals surface area contributed by atoms with Gasteiger partial charge >= 0.3 is 6.36 Å². The van der Waals surface area contributed by atoms with Crippen molar-refractivity contribution >= 4 is 39.9 Å². The molecule has 1 aliphatic heterocycles. The van der Waals surface area contributed by atoms with E-state index in [2.05, 4.69) is 9.72 Å². The molecule has 12 heteroatoms. The summed E-state index contributed by atoms with van der Waals surface area (Å²) in [5.41, 5.74) is -0.0557. The lowest BCUT2D eigenvalue weighted by molar-refractivity contribution is -0.274. The minimum absolute atomic E-state index is 0.0696. The highest BCUT2D eigenvalue weighted by atomic mass is 35.5. The average Bonchev–Trinajstić information content (AvgIpc) is 3.41. The van der Waals surface area contributed by atoms with E-state index in [1.807, 2.05) is 0 Å². The number of ketones is 1. The standard InChI is InChI=1S/C26H16ClF3N2O6/c1-36-19-11-14(27)9-13-10-18(37-24(13)19)22(33)20-21(17-7-2-3-8-31-17)32(25(35)23(20)34)15-5-4-6-16(12-15)38-26(28,29)30/h2-12,21,34H,1H3. The number of aromatic nitrogens is 1. The summed E-state index contributed by atoms with van der Waals surface area (Å²) in [6.07, 6.45) is -3.56. The number of furan rings is 1. The molecule has 8 nitrogen and oxygen atoms in total. The second-order valence-electron chi connectivity index (χ2n) is 8.11. The van der Waals surface area contributed by atoms with E-state index in [1.54, 1.807) is 18.2 Å². The van der Waals surface area contributed by atoms with Crippen molar-refractivity contribution in [1.82, 2.24) is 4.98 Å². The summed E-state index contributed by atoms with van der Waals surface area (Å²) in [6.45, 7) is 0. The van der Waals surface area contributed by atoms with Crippen molar-refractivity contribution in [3.63, 3.8) is 0 Å². The Balaban J connectivity index is 1.63. The molecular weight excluding hydrogens is 529 g/mol. The molecule has 194 valence electrons. The third-order valence-corrected chi connectivity index (χ3v) is 5.96. The maximum absolute atomic E-state index is 13.7. The highest BCUT2D eigenvalue weighted by molar-refractivity contribution is 6.31. The van der Waals surface area contributed by atoms with Crippen molar-refractivity contribution in [3.8, 4) is 11.5 Å². The lowest BCUT2D eigenvalue weighted by atomic mass is 9.98.